The first-order chi connectivity index (χ1) is 7.90. The lowest BCUT2D eigenvalue weighted by Crippen LogP contribution is -2.32. The molecular formula is C12H17BN2O2. The summed E-state index contributed by atoms with van der Waals surface area (Å²) in [4.78, 5) is 0. The van der Waals surface area contributed by atoms with Crippen LogP contribution in [0.5, 0.6) is 0 Å². The van der Waals surface area contributed by atoms with Crippen LogP contribution in [0.4, 0.5) is 5.69 Å². The number of nitrogens with one attached hydrogen (secondary N) is 2. The maximum Gasteiger partial charge on any atom is 0.490 e. The highest BCUT2D eigenvalue weighted by Gasteiger charge is 2.16. The van der Waals surface area contributed by atoms with Crippen molar-refractivity contribution in [3.63, 3.8) is 0 Å². The number of anilines is 1. The second kappa shape index (κ2) is 5.66. The van der Waals surface area contributed by atoms with Crippen LogP contribution < -0.4 is 10.8 Å². The molecule has 0 aliphatic rings. The lowest BCUT2D eigenvalue weighted by molar-refractivity contribution is 0.426. The van der Waals surface area contributed by atoms with Crippen LogP contribution >= 0.6 is 0 Å². The largest absolute Gasteiger partial charge is 0.490 e. The molecule has 0 aliphatic heterocycles. The van der Waals surface area contributed by atoms with Gasteiger partial charge in [0.2, 0.25) is 0 Å². The third kappa shape index (κ3) is 4.05. The molecule has 4 nitrogen and oxygen atoms in total. The van der Waals surface area contributed by atoms with Crippen molar-refractivity contribution in [3.05, 3.63) is 35.5 Å². The topological polar surface area (TPSA) is 76.3 Å². The predicted octanol–water partition coefficient (Wildman–Crippen LogP) is 1.03. The molecule has 0 atom stereocenters. The normalized spacial score (nSPS) is 11.2. The minimum atomic E-state index is -1.51. The molecule has 0 radical (unpaired) electrons. The van der Waals surface area contributed by atoms with Gasteiger partial charge in [0.15, 0.2) is 0 Å². The molecule has 0 heterocycles. The van der Waals surface area contributed by atoms with E-state index in [4.69, 9.17) is 5.41 Å². The first-order valence-electron chi connectivity index (χ1n) is 5.37. The van der Waals surface area contributed by atoms with Crippen LogP contribution in [0.15, 0.2) is 30.0 Å². The molecule has 1 aromatic rings. The van der Waals surface area contributed by atoms with Crippen molar-refractivity contribution in [1.29, 1.82) is 5.41 Å². The molecule has 90 valence electrons. The van der Waals surface area contributed by atoms with Gasteiger partial charge in [0.25, 0.3) is 0 Å². The van der Waals surface area contributed by atoms with E-state index < -0.39 is 7.12 Å². The zero-order chi connectivity index (χ0) is 13.0. The van der Waals surface area contributed by atoms with Crippen LogP contribution in [0.25, 0.3) is 0 Å². The Bertz CT molecular complexity index is 456. The number of hydrogen-bond acceptors (Lipinski definition) is 4. The molecule has 0 saturated heterocycles. The molecule has 1 aromatic carbocycles. The first kappa shape index (κ1) is 13.5. The third-order valence-electron chi connectivity index (χ3n) is 2.25. The van der Waals surface area contributed by atoms with Gasteiger partial charge in [-0.15, -0.1) is 0 Å². The molecular weight excluding hydrogens is 215 g/mol. The lowest BCUT2D eigenvalue weighted by Gasteiger charge is -2.12. The molecule has 1 rings (SSSR count). The average molecular weight is 232 g/mol. The Kier molecular flexibility index (Phi) is 4.49. The monoisotopic (exact) mass is 232 g/mol. The maximum atomic E-state index is 9.28. The number of hydrogen-bond donors (Lipinski definition) is 4. The minimum absolute atomic E-state index is 0.431. The Morgan fingerprint density at radius 3 is 2.53 bits per heavy atom. The number of benzene rings is 1. The summed E-state index contributed by atoms with van der Waals surface area (Å²) in [6, 6.07) is 5.40. The molecule has 5 heteroatoms. The lowest BCUT2D eigenvalue weighted by atomic mass is 9.78. The van der Waals surface area contributed by atoms with Crippen LogP contribution in [0.1, 0.15) is 19.4 Å². The molecule has 0 spiro atoms. The Balaban J connectivity index is 3.02. The standard InChI is InChI=1S/C12H17BN2O2/c1-8-4-5-12(11(6-8)13(16)17)15-10(3)7-9(2)14/h4-7,14-17H,1-3H3/b10-7-,14-9?. The highest BCUT2D eigenvalue weighted by atomic mass is 16.4. The summed E-state index contributed by atoms with van der Waals surface area (Å²) in [6.07, 6.45) is 1.67. The number of rotatable bonds is 4. The Morgan fingerprint density at radius 1 is 1.35 bits per heavy atom. The number of aryl methyl sites for hydroxylation is 1. The molecule has 0 saturated carbocycles. The second-order valence-corrected chi connectivity index (χ2v) is 4.10. The summed E-state index contributed by atoms with van der Waals surface area (Å²) >= 11 is 0. The summed E-state index contributed by atoms with van der Waals surface area (Å²) in [5, 5.41) is 29.0. The van der Waals surface area contributed by atoms with Gasteiger partial charge in [-0.3, -0.25) is 0 Å². The van der Waals surface area contributed by atoms with E-state index >= 15 is 0 Å². The van der Waals surface area contributed by atoms with E-state index in [0.717, 1.165) is 11.3 Å². The van der Waals surface area contributed by atoms with Crippen LogP contribution in [0, 0.1) is 12.3 Å². The second-order valence-electron chi connectivity index (χ2n) is 4.10. The molecule has 0 bridgehead atoms. The van der Waals surface area contributed by atoms with Crippen molar-refractivity contribution in [2.75, 3.05) is 5.32 Å². The molecule has 0 fully saturated rings. The van der Waals surface area contributed by atoms with E-state index in [1.165, 1.54) is 0 Å². The summed E-state index contributed by atoms with van der Waals surface area (Å²) in [7, 11) is -1.51. The Labute approximate surface area is 102 Å². The van der Waals surface area contributed by atoms with E-state index in [-0.39, 0.29) is 0 Å². The first-order valence-corrected chi connectivity index (χ1v) is 5.37. The molecule has 0 unspecified atom stereocenters. The Hall–Kier alpha value is -1.59. The average Bonchev–Trinajstić information content (AvgIpc) is 2.19. The smallest absolute Gasteiger partial charge is 0.423 e. The van der Waals surface area contributed by atoms with Crippen molar-refractivity contribution in [3.8, 4) is 0 Å². The van der Waals surface area contributed by atoms with E-state index in [9.17, 15) is 10.0 Å². The fourth-order valence-corrected chi connectivity index (χ4v) is 1.58. The van der Waals surface area contributed by atoms with Crippen molar-refractivity contribution in [1.82, 2.24) is 0 Å². The molecule has 17 heavy (non-hydrogen) atoms. The third-order valence-corrected chi connectivity index (χ3v) is 2.25. The quantitative estimate of drug-likeness (QED) is 0.462. The Morgan fingerprint density at radius 2 is 2.00 bits per heavy atom. The highest BCUT2D eigenvalue weighted by Crippen LogP contribution is 2.10. The summed E-state index contributed by atoms with van der Waals surface area (Å²) in [6.45, 7) is 5.40. The van der Waals surface area contributed by atoms with Gasteiger partial charge in [0.05, 0.1) is 0 Å². The fourth-order valence-electron chi connectivity index (χ4n) is 1.58. The number of allylic oxidation sites excluding steroid dienone is 2. The van der Waals surface area contributed by atoms with Crippen molar-refractivity contribution < 1.29 is 10.0 Å². The van der Waals surface area contributed by atoms with Gasteiger partial charge in [-0.2, -0.15) is 0 Å². The minimum Gasteiger partial charge on any atom is -0.423 e. The van der Waals surface area contributed by atoms with Crippen LogP contribution in [0.2, 0.25) is 0 Å². The van der Waals surface area contributed by atoms with E-state index in [2.05, 4.69) is 5.32 Å². The maximum absolute atomic E-state index is 9.28. The van der Waals surface area contributed by atoms with Gasteiger partial charge >= 0.3 is 7.12 Å². The van der Waals surface area contributed by atoms with Crippen molar-refractivity contribution in [2.24, 2.45) is 0 Å². The van der Waals surface area contributed by atoms with Gasteiger partial charge in [-0.25, -0.2) is 0 Å². The van der Waals surface area contributed by atoms with Crippen molar-refractivity contribution >= 4 is 24.0 Å². The van der Waals surface area contributed by atoms with Gasteiger partial charge in [0, 0.05) is 22.6 Å². The zero-order valence-corrected chi connectivity index (χ0v) is 10.3. The molecule has 0 aliphatic carbocycles. The molecule has 4 N–H and O–H groups in total. The van der Waals surface area contributed by atoms with Crippen molar-refractivity contribution in [2.45, 2.75) is 20.8 Å². The SMILES string of the molecule is CC(=N)/C=C(/C)Nc1ccc(C)cc1B(O)O. The summed E-state index contributed by atoms with van der Waals surface area (Å²) in [5.41, 5.74) is 3.25. The van der Waals surface area contributed by atoms with E-state index in [1.54, 1.807) is 25.1 Å². The van der Waals surface area contributed by atoms with Gasteiger partial charge in [0.1, 0.15) is 0 Å². The van der Waals surface area contributed by atoms with Gasteiger partial charge < -0.3 is 20.8 Å². The highest BCUT2D eigenvalue weighted by molar-refractivity contribution is 6.60. The van der Waals surface area contributed by atoms with Crippen LogP contribution in [0.3, 0.4) is 0 Å². The van der Waals surface area contributed by atoms with Gasteiger partial charge in [-0.1, -0.05) is 17.7 Å². The summed E-state index contributed by atoms with van der Waals surface area (Å²) < 4.78 is 0. The van der Waals surface area contributed by atoms with Gasteiger partial charge in [-0.05, 0) is 32.9 Å². The zero-order valence-electron chi connectivity index (χ0n) is 10.3. The van der Waals surface area contributed by atoms with E-state index in [1.807, 2.05) is 19.9 Å². The van der Waals surface area contributed by atoms with Crippen LogP contribution in [-0.4, -0.2) is 22.9 Å². The fraction of sp³-hybridized carbons (Fsp3) is 0.250. The predicted molar refractivity (Wildman–Crippen MR) is 71.8 cm³/mol. The van der Waals surface area contributed by atoms with E-state index in [0.29, 0.717) is 16.9 Å². The summed E-state index contributed by atoms with van der Waals surface area (Å²) in [5.74, 6) is 0. The van der Waals surface area contributed by atoms with Crippen LogP contribution in [-0.2, 0) is 0 Å². The molecule has 0 aromatic heterocycles. The molecule has 0 amide bonds.